The van der Waals surface area contributed by atoms with E-state index in [4.69, 9.17) is 15.2 Å². The van der Waals surface area contributed by atoms with Gasteiger partial charge in [-0.1, -0.05) is 0 Å². The van der Waals surface area contributed by atoms with Crippen LogP contribution < -0.4 is 15.8 Å². The van der Waals surface area contributed by atoms with Gasteiger partial charge in [-0.3, -0.25) is 0 Å². The fraction of sp³-hybridized carbons (Fsp3) is 0.524. The van der Waals surface area contributed by atoms with Crippen molar-refractivity contribution in [2.45, 2.75) is 45.1 Å². The van der Waals surface area contributed by atoms with Crippen LogP contribution in [0, 0.1) is 0 Å². The maximum absolute atomic E-state index is 10.1. The Morgan fingerprint density at radius 2 is 2.10 bits per heavy atom. The number of rotatable bonds is 8. The highest BCUT2D eigenvalue weighted by Crippen LogP contribution is 2.32. The minimum Gasteiger partial charge on any atom is -0.490 e. The number of aliphatic hydroxyl groups is 2. The summed E-state index contributed by atoms with van der Waals surface area (Å²) >= 11 is 0. The summed E-state index contributed by atoms with van der Waals surface area (Å²) in [7, 11) is 0. The molecular formula is C21H29N5O4. The lowest BCUT2D eigenvalue weighted by atomic mass is 10.1. The molecule has 3 aromatic rings. The van der Waals surface area contributed by atoms with E-state index in [0.717, 1.165) is 42.6 Å². The van der Waals surface area contributed by atoms with Crippen LogP contribution in [0.2, 0.25) is 0 Å². The predicted molar refractivity (Wildman–Crippen MR) is 114 cm³/mol. The Hall–Kier alpha value is -2.46. The number of hydrogen-bond acceptors (Lipinski definition) is 8. The molecule has 1 aliphatic rings. The molecule has 30 heavy (non-hydrogen) atoms. The number of nitrogens with zero attached hydrogens (tertiary/aromatic N) is 3. The van der Waals surface area contributed by atoms with Crippen LogP contribution in [0.4, 0.5) is 5.82 Å². The Morgan fingerprint density at radius 3 is 2.83 bits per heavy atom. The van der Waals surface area contributed by atoms with E-state index in [1.165, 1.54) is 0 Å². The molecule has 0 saturated carbocycles. The van der Waals surface area contributed by atoms with Crippen LogP contribution in [-0.4, -0.2) is 63.3 Å². The summed E-state index contributed by atoms with van der Waals surface area (Å²) < 4.78 is 13.6. The maximum Gasteiger partial charge on any atom is 0.152 e. The van der Waals surface area contributed by atoms with Gasteiger partial charge in [0, 0.05) is 18.1 Å². The van der Waals surface area contributed by atoms with Crippen LogP contribution in [0.3, 0.4) is 0 Å². The number of aromatic nitrogens is 3. The zero-order valence-electron chi connectivity index (χ0n) is 17.2. The molecule has 0 aliphatic carbocycles. The predicted octanol–water partition coefficient (Wildman–Crippen LogP) is 1.19. The van der Waals surface area contributed by atoms with E-state index in [0.29, 0.717) is 29.3 Å². The number of pyridine rings is 1. The number of fused-ring (bicyclic) bond motifs is 3. The molecule has 1 saturated heterocycles. The third-order valence-electron chi connectivity index (χ3n) is 5.38. The minimum absolute atomic E-state index is 0.182. The number of nitrogen functional groups attached to an aromatic ring is 1. The topological polar surface area (TPSA) is 128 Å². The molecule has 0 amide bonds. The minimum atomic E-state index is -0.922. The van der Waals surface area contributed by atoms with Crippen LogP contribution in [0.15, 0.2) is 18.2 Å². The second kappa shape index (κ2) is 9.13. The number of nitrogens with two attached hydrogens (primary N) is 1. The fourth-order valence-corrected chi connectivity index (χ4v) is 3.89. The number of anilines is 1. The molecule has 1 aromatic carbocycles. The highest BCUT2D eigenvalue weighted by Gasteiger charge is 2.20. The van der Waals surface area contributed by atoms with Gasteiger partial charge >= 0.3 is 0 Å². The Labute approximate surface area is 174 Å². The first-order valence-corrected chi connectivity index (χ1v) is 10.4. The molecule has 0 bridgehead atoms. The lowest BCUT2D eigenvalue weighted by Crippen LogP contribution is -2.34. The molecule has 2 aromatic heterocycles. The third-order valence-corrected chi connectivity index (χ3v) is 5.38. The summed E-state index contributed by atoms with van der Waals surface area (Å²) in [5, 5.41) is 23.6. The van der Waals surface area contributed by atoms with Crippen molar-refractivity contribution < 1.29 is 19.7 Å². The highest BCUT2D eigenvalue weighted by atomic mass is 16.5. The van der Waals surface area contributed by atoms with Gasteiger partial charge in [-0.05, 0) is 45.0 Å². The molecule has 1 atom stereocenters. The summed E-state index contributed by atoms with van der Waals surface area (Å²) in [6.45, 7) is 4.48. The fourth-order valence-electron chi connectivity index (χ4n) is 3.89. The Kier molecular flexibility index (Phi) is 6.33. The van der Waals surface area contributed by atoms with Gasteiger partial charge in [-0.15, -0.1) is 0 Å². The molecule has 3 heterocycles. The van der Waals surface area contributed by atoms with Gasteiger partial charge in [-0.25, -0.2) is 9.97 Å². The van der Waals surface area contributed by atoms with Crippen LogP contribution in [-0.2, 0) is 17.9 Å². The van der Waals surface area contributed by atoms with E-state index < -0.39 is 6.10 Å². The number of hydrogen-bond donors (Lipinski definition) is 4. The molecule has 4 rings (SSSR count). The molecule has 0 spiro atoms. The van der Waals surface area contributed by atoms with Gasteiger partial charge in [0.1, 0.15) is 29.8 Å². The number of aliphatic hydroxyl groups excluding tert-OH is 2. The first-order valence-electron chi connectivity index (χ1n) is 10.4. The summed E-state index contributed by atoms with van der Waals surface area (Å²) in [6, 6.07) is 5.79. The standard InChI is InChI=1S/C21H29N5O4/c1-2-29-12-18-25-19-20(26(18)10-13(28)11-27)16-4-3-15(9-17(16)24-21(19)22)30-14-5-7-23-8-6-14/h3-4,9,13-14,23,27-28H,2,5-8,10-12H2,1H3,(H2,22,24). The van der Waals surface area contributed by atoms with Crippen LogP contribution in [0.1, 0.15) is 25.6 Å². The lowest BCUT2D eigenvalue weighted by molar-refractivity contribution is 0.0774. The van der Waals surface area contributed by atoms with Crippen molar-refractivity contribution in [3.8, 4) is 5.75 Å². The van der Waals surface area contributed by atoms with E-state index >= 15 is 0 Å². The van der Waals surface area contributed by atoms with Gasteiger partial charge in [0.25, 0.3) is 0 Å². The molecular weight excluding hydrogens is 386 g/mol. The van der Waals surface area contributed by atoms with E-state index in [2.05, 4.69) is 15.3 Å². The molecule has 9 heteroatoms. The lowest BCUT2D eigenvalue weighted by Gasteiger charge is -2.24. The van der Waals surface area contributed by atoms with E-state index in [1.807, 2.05) is 29.7 Å². The monoisotopic (exact) mass is 415 g/mol. The van der Waals surface area contributed by atoms with E-state index in [-0.39, 0.29) is 25.9 Å². The Balaban J connectivity index is 1.78. The number of benzene rings is 1. The highest BCUT2D eigenvalue weighted by molar-refractivity contribution is 6.06. The number of nitrogens with one attached hydrogen (secondary N) is 1. The smallest absolute Gasteiger partial charge is 0.152 e. The van der Waals surface area contributed by atoms with Crippen LogP contribution in [0.25, 0.3) is 21.9 Å². The van der Waals surface area contributed by atoms with Crippen molar-refractivity contribution in [2.75, 3.05) is 32.0 Å². The molecule has 9 nitrogen and oxygen atoms in total. The zero-order valence-corrected chi connectivity index (χ0v) is 17.2. The van der Waals surface area contributed by atoms with Crippen molar-refractivity contribution in [3.05, 3.63) is 24.0 Å². The summed E-state index contributed by atoms with van der Waals surface area (Å²) in [5.74, 6) is 1.71. The molecule has 162 valence electrons. The number of piperidine rings is 1. The largest absolute Gasteiger partial charge is 0.490 e. The van der Waals surface area contributed by atoms with Crippen molar-refractivity contribution in [1.82, 2.24) is 19.9 Å². The third kappa shape index (κ3) is 4.20. The summed E-state index contributed by atoms with van der Waals surface area (Å²) in [4.78, 5) is 9.17. The summed E-state index contributed by atoms with van der Waals surface area (Å²) in [5.41, 5.74) is 8.28. The zero-order chi connectivity index (χ0) is 21.1. The van der Waals surface area contributed by atoms with E-state index in [1.54, 1.807) is 0 Å². The maximum atomic E-state index is 10.1. The van der Waals surface area contributed by atoms with Gasteiger partial charge in [0.05, 0.1) is 30.3 Å². The average molecular weight is 415 g/mol. The van der Waals surface area contributed by atoms with Gasteiger partial charge in [0.15, 0.2) is 5.82 Å². The molecule has 1 unspecified atom stereocenters. The average Bonchev–Trinajstić information content (AvgIpc) is 3.11. The first kappa shape index (κ1) is 20.8. The molecule has 5 N–H and O–H groups in total. The second-order valence-corrected chi connectivity index (χ2v) is 7.55. The normalized spacial score (nSPS) is 16.4. The Bertz CT molecular complexity index is 1020. The number of ether oxygens (including phenoxy) is 2. The SMILES string of the molecule is CCOCc1nc2c(N)nc3cc(OC4CCNCC4)ccc3c2n1CC(O)CO. The van der Waals surface area contributed by atoms with Crippen molar-refractivity contribution in [1.29, 1.82) is 0 Å². The quantitative estimate of drug-likeness (QED) is 0.432. The van der Waals surface area contributed by atoms with Crippen LogP contribution >= 0.6 is 0 Å². The van der Waals surface area contributed by atoms with Crippen molar-refractivity contribution in [3.63, 3.8) is 0 Å². The van der Waals surface area contributed by atoms with Crippen molar-refractivity contribution >= 4 is 27.8 Å². The number of imidazole rings is 1. The van der Waals surface area contributed by atoms with Gasteiger partial charge < -0.3 is 35.3 Å². The van der Waals surface area contributed by atoms with Crippen molar-refractivity contribution in [2.24, 2.45) is 0 Å². The second-order valence-electron chi connectivity index (χ2n) is 7.55. The first-order chi connectivity index (χ1) is 14.6. The van der Waals surface area contributed by atoms with Gasteiger partial charge in [-0.2, -0.15) is 0 Å². The Morgan fingerprint density at radius 1 is 1.30 bits per heavy atom. The molecule has 1 aliphatic heterocycles. The molecule has 1 fully saturated rings. The molecule has 0 radical (unpaired) electrons. The van der Waals surface area contributed by atoms with Gasteiger partial charge in [0.2, 0.25) is 0 Å². The van der Waals surface area contributed by atoms with E-state index in [9.17, 15) is 10.2 Å². The summed E-state index contributed by atoms with van der Waals surface area (Å²) in [6.07, 6.45) is 1.21. The van der Waals surface area contributed by atoms with Crippen LogP contribution in [0.5, 0.6) is 5.75 Å².